The average Bonchev–Trinajstić information content (AvgIpc) is 2.85. The molecule has 0 aromatic heterocycles. The van der Waals surface area contributed by atoms with Gasteiger partial charge in [0.05, 0.1) is 0 Å². The third-order valence-corrected chi connectivity index (χ3v) is 8.45. The van der Waals surface area contributed by atoms with Crippen LogP contribution in [-0.4, -0.2) is 0 Å². The van der Waals surface area contributed by atoms with Crippen LogP contribution in [0.2, 0.25) is 0 Å². The lowest BCUT2D eigenvalue weighted by atomic mass is 9.62. The third kappa shape index (κ3) is 7.64. The highest BCUT2D eigenvalue weighted by Gasteiger charge is 2.37. The third-order valence-electron chi connectivity index (χ3n) is 8.45. The fourth-order valence-electron chi connectivity index (χ4n) is 6.29. The fraction of sp³-hybridized carbons (Fsp3) is 0.688. The van der Waals surface area contributed by atoms with Crippen molar-refractivity contribution in [3.8, 4) is 0 Å². The van der Waals surface area contributed by atoms with E-state index in [1.165, 1.54) is 108 Å². The van der Waals surface area contributed by atoms with E-state index in [0.29, 0.717) is 11.3 Å². The van der Waals surface area contributed by atoms with Crippen LogP contribution in [0.3, 0.4) is 0 Å². The maximum atomic E-state index is 2.66. The Morgan fingerprint density at radius 3 is 1.94 bits per heavy atom. The molecule has 178 valence electrons. The van der Waals surface area contributed by atoms with Crippen LogP contribution in [0, 0.1) is 17.3 Å². The van der Waals surface area contributed by atoms with Gasteiger partial charge >= 0.3 is 0 Å². The van der Waals surface area contributed by atoms with Gasteiger partial charge in [-0.25, -0.2) is 0 Å². The van der Waals surface area contributed by atoms with E-state index in [9.17, 15) is 0 Å². The summed E-state index contributed by atoms with van der Waals surface area (Å²) >= 11 is 0. The Morgan fingerprint density at radius 1 is 0.688 bits per heavy atom. The van der Waals surface area contributed by atoms with Gasteiger partial charge < -0.3 is 0 Å². The highest BCUT2D eigenvalue weighted by molar-refractivity contribution is 5.34. The molecule has 32 heavy (non-hydrogen) atoms. The van der Waals surface area contributed by atoms with E-state index >= 15 is 0 Å². The van der Waals surface area contributed by atoms with Crippen molar-refractivity contribution in [3.63, 3.8) is 0 Å². The number of allylic oxidation sites excluding steroid dienone is 4. The molecule has 1 aromatic rings. The predicted molar refractivity (Wildman–Crippen MR) is 142 cm³/mol. The van der Waals surface area contributed by atoms with Crippen LogP contribution in [0.25, 0.3) is 0 Å². The van der Waals surface area contributed by atoms with Gasteiger partial charge in [0.25, 0.3) is 0 Å². The van der Waals surface area contributed by atoms with E-state index in [2.05, 4.69) is 68.5 Å². The molecule has 0 aliphatic heterocycles. The summed E-state index contributed by atoms with van der Waals surface area (Å²) in [5, 5.41) is 0. The minimum atomic E-state index is 0.323. The first-order chi connectivity index (χ1) is 15.8. The van der Waals surface area contributed by atoms with Gasteiger partial charge in [-0.2, -0.15) is 0 Å². The van der Waals surface area contributed by atoms with E-state index in [1.807, 2.05) is 0 Å². The zero-order valence-corrected chi connectivity index (χ0v) is 21.2. The number of hydrogen-bond acceptors (Lipinski definition) is 0. The minimum absolute atomic E-state index is 0.323. The van der Waals surface area contributed by atoms with Crippen molar-refractivity contribution in [2.24, 2.45) is 17.3 Å². The zero-order chi connectivity index (χ0) is 22.5. The zero-order valence-electron chi connectivity index (χ0n) is 21.2. The number of unbranched alkanes of at least 4 members (excludes halogenated alkanes) is 8. The topological polar surface area (TPSA) is 0 Å². The van der Waals surface area contributed by atoms with Gasteiger partial charge in [-0.05, 0) is 36.7 Å². The monoisotopic (exact) mass is 434 g/mol. The molecule has 0 amide bonds. The van der Waals surface area contributed by atoms with E-state index in [0.717, 1.165) is 11.8 Å². The second kappa shape index (κ2) is 14.1. The lowest BCUT2D eigenvalue weighted by Gasteiger charge is -2.43. The van der Waals surface area contributed by atoms with Crippen LogP contribution in [-0.2, 0) is 0 Å². The maximum Gasteiger partial charge on any atom is 0.0199 e. The van der Waals surface area contributed by atoms with Crippen LogP contribution >= 0.6 is 0 Å². The van der Waals surface area contributed by atoms with Crippen LogP contribution in [0.15, 0.2) is 54.6 Å². The van der Waals surface area contributed by atoms with E-state index < -0.39 is 0 Å². The first kappa shape index (κ1) is 25.3. The molecule has 2 aliphatic rings. The normalized spacial score (nSPS) is 27.6. The highest BCUT2D eigenvalue weighted by Crippen LogP contribution is 2.49. The molecule has 1 saturated carbocycles. The Kier molecular flexibility index (Phi) is 11.1. The molecule has 0 N–H and O–H groups in total. The van der Waals surface area contributed by atoms with Gasteiger partial charge in [0.2, 0.25) is 0 Å². The van der Waals surface area contributed by atoms with Crippen LogP contribution in [0.4, 0.5) is 0 Å². The molecule has 3 rings (SSSR count). The van der Waals surface area contributed by atoms with Crippen molar-refractivity contribution in [1.29, 1.82) is 0 Å². The molecule has 0 nitrogen and oxygen atoms in total. The largest absolute Gasteiger partial charge is 0.0773 e. The molecular formula is C32H50. The highest BCUT2D eigenvalue weighted by atomic mass is 14.4. The van der Waals surface area contributed by atoms with Crippen molar-refractivity contribution < 1.29 is 0 Å². The van der Waals surface area contributed by atoms with Crippen molar-refractivity contribution in [2.75, 3.05) is 0 Å². The van der Waals surface area contributed by atoms with E-state index in [4.69, 9.17) is 0 Å². The molecule has 0 spiro atoms. The summed E-state index contributed by atoms with van der Waals surface area (Å²) in [6.07, 6.45) is 33.2. The molecule has 1 fully saturated rings. The second-order valence-electron chi connectivity index (χ2n) is 10.9. The van der Waals surface area contributed by atoms with Crippen molar-refractivity contribution in [2.45, 2.75) is 122 Å². The molecule has 0 unspecified atom stereocenters. The van der Waals surface area contributed by atoms with Crippen molar-refractivity contribution in [1.82, 2.24) is 0 Å². The Balaban J connectivity index is 1.58. The van der Waals surface area contributed by atoms with Gasteiger partial charge in [0.15, 0.2) is 0 Å². The van der Waals surface area contributed by atoms with Gasteiger partial charge in [0.1, 0.15) is 0 Å². The molecule has 0 bridgehead atoms. The van der Waals surface area contributed by atoms with Crippen molar-refractivity contribution >= 4 is 0 Å². The van der Waals surface area contributed by atoms with E-state index in [1.54, 1.807) is 0 Å². The van der Waals surface area contributed by atoms with Crippen LogP contribution in [0.1, 0.15) is 128 Å². The van der Waals surface area contributed by atoms with Gasteiger partial charge in [-0.1, -0.05) is 152 Å². The lowest BCUT2D eigenvalue weighted by Crippen LogP contribution is -2.32. The molecule has 0 saturated heterocycles. The Morgan fingerprint density at radius 2 is 1.28 bits per heavy atom. The Labute approximate surface area is 200 Å². The number of benzene rings is 1. The number of hydrogen-bond donors (Lipinski definition) is 0. The summed E-state index contributed by atoms with van der Waals surface area (Å²) in [4.78, 5) is 0. The Bertz CT molecular complexity index is 645. The molecular weight excluding hydrogens is 384 g/mol. The summed E-state index contributed by atoms with van der Waals surface area (Å²) < 4.78 is 0. The van der Waals surface area contributed by atoms with Gasteiger partial charge in [-0.3, -0.25) is 0 Å². The van der Waals surface area contributed by atoms with Crippen LogP contribution < -0.4 is 0 Å². The first-order valence-corrected chi connectivity index (χ1v) is 14.2. The lowest BCUT2D eigenvalue weighted by molar-refractivity contribution is 0.162. The minimum Gasteiger partial charge on any atom is -0.0773 e. The maximum absolute atomic E-state index is 2.66. The van der Waals surface area contributed by atoms with Crippen LogP contribution in [0.5, 0.6) is 0 Å². The molecule has 0 heteroatoms. The summed E-state index contributed by atoms with van der Waals surface area (Å²) in [5.41, 5.74) is 1.76. The molecule has 0 radical (unpaired) electrons. The quantitative estimate of drug-likeness (QED) is 0.202. The number of rotatable bonds is 14. The summed E-state index contributed by atoms with van der Waals surface area (Å²) in [5.74, 6) is 2.32. The summed E-state index contributed by atoms with van der Waals surface area (Å²) in [6, 6.07) is 11.0. The molecule has 0 atom stereocenters. The second-order valence-corrected chi connectivity index (χ2v) is 10.9. The fourth-order valence-corrected chi connectivity index (χ4v) is 6.29. The summed E-state index contributed by atoms with van der Waals surface area (Å²) in [6.45, 7) is 4.64. The van der Waals surface area contributed by atoms with Gasteiger partial charge in [-0.15, -0.1) is 0 Å². The van der Waals surface area contributed by atoms with Gasteiger partial charge in [0, 0.05) is 11.3 Å². The summed E-state index contributed by atoms with van der Waals surface area (Å²) in [7, 11) is 0. The predicted octanol–water partition coefficient (Wildman–Crippen LogP) is 10.4. The van der Waals surface area contributed by atoms with E-state index in [-0.39, 0.29) is 0 Å². The molecule has 1 aromatic carbocycles. The molecule has 0 heterocycles. The smallest absolute Gasteiger partial charge is 0.0199 e. The van der Waals surface area contributed by atoms with Crippen molar-refractivity contribution in [3.05, 3.63) is 60.2 Å². The SMILES string of the molecule is CCCCCCCCCC1(C2CCC(CCCCC)CC2)C=CC(c2ccccc2)C=C1. The standard InChI is InChI=1S/C32H50/c1-3-5-7-8-9-10-15-25-32(31-21-19-28(20-22-31)16-12-6-4-2)26-23-30(24-27-32)29-17-13-11-14-18-29/h11,13-14,17-18,23-24,26-28,30-31H,3-10,12,15-16,19-22,25H2,1-2H3. The average molecular weight is 435 g/mol. The first-order valence-electron chi connectivity index (χ1n) is 14.2. The molecule has 2 aliphatic carbocycles. The Hall–Kier alpha value is -1.30.